The molecule has 28 heavy (non-hydrogen) atoms. The fourth-order valence-electron chi connectivity index (χ4n) is 4.83. The van der Waals surface area contributed by atoms with Crippen molar-refractivity contribution in [2.45, 2.75) is 63.4 Å². The minimum atomic E-state index is -0.488. The number of fused-ring (bicyclic) bond motifs is 1. The van der Waals surface area contributed by atoms with E-state index < -0.39 is 16.7 Å². The second-order valence-corrected chi connectivity index (χ2v) is 8.29. The second-order valence-electron chi connectivity index (χ2n) is 8.29. The van der Waals surface area contributed by atoms with Crippen LogP contribution in [0, 0.1) is 0 Å². The molecule has 2 aromatic rings. The maximum Gasteiger partial charge on any atom is 0.332 e. The Morgan fingerprint density at radius 2 is 2.04 bits per heavy atom. The summed E-state index contributed by atoms with van der Waals surface area (Å²) in [5.74, 6) is 0.577. The fourth-order valence-corrected chi connectivity index (χ4v) is 4.83. The fraction of sp³-hybridized carbons (Fsp3) is 0.600. The molecular weight excluding hydrogens is 358 g/mol. The van der Waals surface area contributed by atoms with E-state index in [0.29, 0.717) is 12.4 Å². The van der Waals surface area contributed by atoms with Gasteiger partial charge in [0.25, 0.3) is 0 Å². The quantitative estimate of drug-likeness (QED) is 0.738. The maximum atomic E-state index is 12.8. The Kier molecular flexibility index (Phi) is 4.40. The lowest BCUT2D eigenvalue weighted by Crippen LogP contribution is -2.53. The number of pyridine rings is 1. The van der Waals surface area contributed by atoms with Gasteiger partial charge < -0.3 is 4.74 Å². The van der Waals surface area contributed by atoms with Gasteiger partial charge in [-0.2, -0.15) is 5.10 Å². The summed E-state index contributed by atoms with van der Waals surface area (Å²) >= 11 is 0. The van der Waals surface area contributed by atoms with Gasteiger partial charge >= 0.3 is 11.1 Å². The second kappa shape index (κ2) is 6.93. The van der Waals surface area contributed by atoms with Crippen LogP contribution in [0.5, 0.6) is 0 Å². The third kappa shape index (κ3) is 3.10. The zero-order valence-electron chi connectivity index (χ0n) is 15.9. The van der Waals surface area contributed by atoms with Gasteiger partial charge in [0.05, 0.1) is 12.6 Å². The molecule has 2 aromatic heterocycles. The molecule has 1 saturated heterocycles. The largest absolute Gasteiger partial charge is 0.364 e. The summed E-state index contributed by atoms with van der Waals surface area (Å²) in [6, 6.07) is 4.06. The van der Waals surface area contributed by atoms with Crippen molar-refractivity contribution >= 4 is 0 Å². The number of hydrogen-bond acceptors (Lipinski definition) is 6. The summed E-state index contributed by atoms with van der Waals surface area (Å²) in [5.41, 5.74) is -0.204. The van der Waals surface area contributed by atoms with Gasteiger partial charge in [-0.15, -0.1) is 0 Å². The molecule has 8 nitrogen and oxygen atoms in total. The minimum absolute atomic E-state index is 0.0587. The van der Waals surface area contributed by atoms with Crippen molar-refractivity contribution in [2.75, 3.05) is 13.1 Å². The van der Waals surface area contributed by atoms with Gasteiger partial charge in [0.1, 0.15) is 12.2 Å². The average Bonchev–Trinajstić information content (AvgIpc) is 3.37. The van der Waals surface area contributed by atoms with Crippen LogP contribution in [-0.2, 0) is 24.4 Å². The van der Waals surface area contributed by atoms with E-state index in [1.165, 1.54) is 4.68 Å². The molecule has 0 N–H and O–H groups in total. The first kappa shape index (κ1) is 17.8. The van der Waals surface area contributed by atoms with Gasteiger partial charge in [0, 0.05) is 32.0 Å². The number of likely N-dealkylation sites (tertiary alicyclic amines) is 1. The van der Waals surface area contributed by atoms with E-state index in [-0.39, 0.29) is 12.6 Å². The van der Waals surface area contributed by atoms with Crippen LogP contribution in [0.1, 0.15) is 49.5 Å². The molecule has 4 heterocycles. The molecule has 1 aliphatic carbocycles. The topological polar surface area (TPSA) is 82.2 Å². The van der Waals surface area contributed by atoms with Crippen LogP contribution in [-0.4, -0.2) is 42.9 Å². The smallest absolute Gasteiger partial charge is 0.332 e. The van der Waals surface area contributed by atoms with Crippen molar-refractivity contribution < 1.29 is 4.74 Å². The first-order chi connectivity index (χ1) is 13.6. The number of nitrogens with zero attached hydrogens (tertiary/aromatic N) is 5. The van der Waals surface area contributed by atoms with E-state index in [1.54, 1.807) is 10.8 Å². The SMILES string of the molecule is O=c1c(=O)n2c(nn1C1CCCC1)CO[C@]1(CCN(Cc3cccnc3)C1)C2. The lowest BCUT2D eigenvalue weighted by Gasteiger charge is -2.35. The van der Waals surface area contributed by atoms with Gasteiger partial charge in [-0.3, -0.25) is 24.0 Å². The van der Waals surface area contributed by atoms with E-state index in [1.807, 2.05) is 12.3 Å². The van der Waals surface area contributed by atoms with Crippen LogP contribution in [0.3, 0.4) is 0 Å². The predicted octanol–water partition coefficient (Wildman–Crippen LogP) is 1.09. The van der Waals surface area contributed by atoms with Crippen LogP contribution in [0.15, 0.2) is 34.1 Å². The molecule has 3 aliphatic rings. The lowest BCUT2D eigenvalue weighted by atomic mass is 10.0. The summed E-state index contributed by atoms with van der Waals surface area (Å²) in [7, 11) is 0. The summed E-state index contributed by atoms with van der Waals surface area (Å²) in [6.45, 7) is 3.12. The van der Waals surface area contributed by atoms with Crippen LogP contribution in [0.25, 0.3) is 0 Å². The highest BCUT2D eigenvalue weighted by Gasteiger charge is 2.43. The van der Waals surface area contributed by atoms with Crippen molar-refractivity contribution in [3.05, 3.63) is 56.6 Å². The zero-order chi connectivity index (χ0) is 19.1. The number of hydrogen-bond donors (Lipinski definition) is 0. The highest BCUT2D eigenvalue weighted by Crippen LogP contribution is 2.32. The number of rotatable bonds is 3. The van der Waals surface area contributed by atoms with Gasteiger partial charge in [-0.1, -0.05) is 18.9 Å². The van der Waals surface area contributed by atoms with Crippen LogP contribution in [0.4, 0.5) is 0 Å². The molecule has 1 spiro atoms. The standard InChI is InChI=1S/C20H25N5O3/c26-18-19(27)25(16-5-1-2-6-16)22-17-12-28-20(14-24(17)18)7-9-23(13-20)11-15-4-3-8-21-10-15/h3-4,8,10,16H,1-2,5-7,9,11-14H2/t20-/m0/s1. The van der Waals surface area contributed by atoms with Gasteiger partial charge in [0.15, 0.2) is 5.82 Å². The van der Waals surface area contributed by atoms with Crippen LogP contribution < -0.4 is 11.1 Å². The monoisotopic (exact) mass is 383 g/mol. The highest BCUT2D eigenvalue weighted by atomic mass is 16.5. The molecule has 0 radical (unpaired) electrons. The van der Waals surface area contributed by atoms with Crippen molar-refractivity contribution in [2.24, 2.45) is 0 Å². The van der Waals surface area contributed by atoms with E-state index in [9.17, 15) is 9.59 Å². The predicted molar refractivity (Wildman–Crippen MR) is 102 cm³/mol. The Balaban J connectivity index is 1.37. The van der Waals surface area contributed by atoms with Gasteiger partial charge in [-0.25, -0.2) is 4.68 Å². The Labute approximate surface area is 162 Å². The van der Waals surface area contributed by atoms with E-state index in [2.05, 4.69) is 21.0 Å². The Bertz CT molecular complexity index is 980. The Hall–Kier alpha value is -2.32. The first-order valence-electron chi connectivity index (χ1n) is 10.1. The molecular formula is C20H25N5O3. The zero-order valence-corrected chi connectivity index (χ0v) is 15.9. The summed E-state index contributed by atoms with van der Waals surface area (Å²) in [4.78, 5) is 32.0. The Morgan fingerprint density at radius 3 is 2.82 bits per heavy atom. The van der Waals surface area contributed by atoms with Crippen molar-refractivity contribution in [3.8, 4) is 0 Å². The van der Waals surface area contributed by atoms with Crippen molar-refractivity contribution in [1.82, 2.24) is 24.2 Å². The third-order valence-electron chi connectivity index (χ3n) is 6.32. The molecule has 1 saturated carbocycles. The van der Waals surface area contributed by atoms with Gasteiger partial charge in [0.2, 0.25) is 0 Å². The summed E-state index contributed by atoms with van der Waals surface area (Å²) in [5, 5.41) is 4.52. The summed E-state index contributed by atoms with van der Waals surface area (Å²) < 4.78 is 9.22. The lowest BCUT2D eigenvalue weighted by molar-refractivity contribution is -0.0860. The average molecular weight is 383 g/mol. The number of ether oxygens (including phenoxy) is 1. The molecule has 148 valence electrons. The molecule has 0 bridgehead atoms. The molecule has 8 heteroatoms. The normalized spacial score (nSPS) is 25.4. The number of aromatic nitrogens is 4. The molecule has 5 rings (SSSR count). The first-order valence-corrected chi connectivity index (χ1v) is 10.1. The third-order valence-corrected chi connectivity index (χ3v) is 6.32. The molecule has 0 unspecified atom stereocenters. The van der Waals surface area contributed by atoms with Crippen molar-refractivity contribution in [3.63, 3.8) is 0 Å². The van der Waals surface area contributed by atoms with Crippen LogP contribution in [0.2, 0.25) is 0 Å². The molecule has 0 amide bonds. The van der Waals surface area contributed by atoms with E-state index >= 15 is 0 Å². The van der Waals surface area contributed by atoms with Gasteiger partial charge in [-0.05, 0) is 30.9 Å². The molecule has 2 aliphatic heterocycles. The highest BCUT2D eigenvalue weighted by molar-refractivity contribution is 5.10. The molecule has 0 aromatic carbocycles. The minimum Gasteiger partial charge on any atom is -0.364 e. The van der Waals surface area contributed by atoms with Crippen molar-refractivity contribution in [1.29, 1.82) is 0 Å². The summed E-state index contributed by atoms with van der Waals surface area (Å²) in [6.07, 6.45) is 8.50. The van der Waals surface area contributed by atoms with Crippen LogP contribution >= 0.6 is 0 Å². The van der Waals surface area contributed by atoms with E-state index in [4.69, 9.17) is 4.74 Å². The Morgan fingerprint density at radius 1 is 1.18 bits per heavy atom. The molecule has 1 atom stereocenters. The maximum absolute atomic E-state index is 12.8. The molecule has 2 fully saturated rings. The van der Waals surface area contributed by atoms with E-state index in [0.717, 1.165) is 57.3 Å².